The van der Waals surface area contributed by atoms with Gasteiger partial charge in [-0.2, -0.15) is 0 Å². The number of aliphatic carboxylic acids is 1. The van der Waals surface area contributed by atoms with Crippen molar-refractivity contribution >= 4 is 46.3 Å². The van der Waals surface area contributed by atoms with Crippen LogP contribution in [-0.4, -0.2) is 45.5 Å². The third-order valence-electron chi connectivity index (χ3n) is 5.31. The number of carbonyl (C=O) groups excluding carboxylic acids is 1. The molecule has 0 radical (unpaired) electrons. The Balaban J connectivity index is 2.11. The van der Waals surface area contributed by atoms with Gasteiger partial charge < -0.3 is 14.6 Å². The number of hydrogen-bond acceptors (Lipinski definition) is 6. The van der Waals surface area contributed by atoms with E-state index in [4.69, 9.17) is 21.7 Å². The zero-order valence-corrected chi connectivity index (χ0v) is 21.6. The Labute approximate surface area is 206 Å². The van der Waals surface area contributed by atoms with Gasteiger partial charge in [0.25, 0.3) is 5.91 Å². The maximum atomic E-state index is 12.9. The summed E-state index contributed by atoms with van der Waals surface area (Å²) < 4.78 is 12.0. The molecule has 0 aliphatic carbocycles. The molecule has 0 aromatic heterocycles. The molecule has 2 rings (SSSR count). The fourth-order valence-electron chi connectivity index (χ4n) is 3.63. The number of ether oxygens (including phenoxy) is 2. The van der Waals surface area contributed by atoms with Gasteiger partial charge >= 0.3 is 5.97 Å². The number of hydrogen-bond donors (Lipinski definition) is 1. The molecular weight excluding hydrogens is 458 g/mol. The molecule has 1 aliphatic heterocycles. The van der Waals surface area contributed by atoms with Gasteiger partial charge in [-0.3, -0.25) is 9.69 Å². The van der Waals surface area contributed by atoms with Crippen LogP contribution in [0.1, 0.15) is 71.8 Å². The standard InChI is InChI=1S/C25H35NO5S2/c1-5-7-8-9-10-11-14-31-19-13-12-18(15-20(19)30-6-2)16-21-23(27)26(25(32)33-21)22(17(3)4)24(28)29/h12-13,15-17,22H,5-11,14H2,1-4H3,(H,28,29)/b21-16+/t22-/m0/s1. The monoisotopic (exact) mass is 493 g/mol. The van der Waals surface area contributed by atoms with E-state index in [0.29, 0.717) is 29.6 Å². The van der Waals surface area contributed by atoms with E-state index in [1.165, 1.54) is 30.6 Å². The van der Waals surface area contributed by atoms with Crippen molar-refractivity contribution in [3.63, 3.8) is 0 Å². The third-order valence-corrected chi connectivity index (χ3v) is 6.64. The highest BCUT2D eigenvalue weighted by Crippen LogP contribution is 2.37. The molecule has 33 heavy (non-hydrogen) atoms. The summed E-state index contributed by atoms with van der Waals surface area (Å²) in [6.45, 7) is 8.78. The fourth-order valence-corrected chi connectivity index (χ4v) is 4.96. The molecule has 6 nitrogen and oxygen atoms in total. The molecule has 1 N–H and O–H groups in total. The lowest BCUT2D eigenvalue weighted by Crippen LogP contribution is -2.47. The average molecular weight is 494 g/mol. The molecule has 182 valence electrons. The summed E-state index contributed by atoms with van der Waals surface area (Å²) in [4.78, 5) is 26.3. The lowest BCUT2D eigenvalue weighted by atomic mass is 10.0. The van der Waals surface area contributed by atoms with Crippen LogP contribution >= 0.6 is 24.0 Å². The second kappa shape index (κ2) is 13.6. The Kier molecular flexibility index (Phi) is 11.2. The molecule has 0 spiro atoms. The van der Waals surface area contributed by atoms with Crippen LogP contribution in [0.25, 0.3) is 6.08 Å². The van der Waals surface area contributed by atoms with Crippen LogP contribution in [0, 0.1) is 5.92 Å². The third kappa shape index (κ3) is 7.74. The van der Waals surface area contributed by atoms with Gasteiger partial charge in [0, 0.05) is 0 Å². The van der Waals surface area contributed by atoms with Crippen LogP contribution in [0.2, 0.25) is 0 Å². The minimum absolute atomic E-state index is 0.260. The number of thiocarbonyl (C=S) groups is 1. The first-order chi connectivity index (χ1) is 15.8. The predicted molar refractivity (Wildman–Crippen MR) is 138 cm³/mol. The van der Waals surface area contributed by atoms with Gasteiger partial charge in [-0.15, -0.1) is 0 Å². The second-order valence-corrected chi connectivity index (χ2v) is 10.0. The lowest BCUT2D eigenvalue weighted by molar-refractivity contribution is -0.146. The van der Waals surface area contributed by atoms with Gasteiger partial charge in [0.05, 0.1) is 18.1 Å². The minimum atomic E-state index is -1.06. The van der Waals surface area contributed by atoms with E-state index in [1.807, 2.05) is 25.1 Å². The topological polar surface area (TPSA) is 76.1 Å². The molecule has 1 saturated heterocycles. The summed E-state index contributed by atoms with van der Waals surface area (Å²) in [5.74, 6) is -0.406. The van der Waals surface area contributed by atoms with Crippen LogP contribution < -0.4 is 9.47 Å². The summed E-state index contributed by atoms with van der Waals surface area (Å²) in [5.41, 5.74) is 0.766. The smallest absolute Gasteiger partial charge is 0.327 e. The Morgan fingerprint density at radius 1 is 1.12 bits per heavy atom. The van der Waals surface area contributed by atoms with Crippen molar-refractivity contribution in [3.05, 3.63) is 28.7 Å². The van der Waals surface area contributed by atoms with E-state index in [9.17, 15) is 14.7 Å². The van der Waals surface area contributed by atoms with Crippen molar-refractivity contribution in [1.29, 1.82) is 0 Å². The number of amides is 1. The summed E-state index contributed by atoms with van der Waals surface area (Å²) in [6.07, 6.45) is 8.89. The van der Waals surface area contributed by atoms with Crippen LogP contribution in [0.5, 0.6) is 11.5 Å². The fraction of sp³-hybridized carbons (Fsp3) is 0.560. The van der Waals surface area contributed by atoms with E-state index >= 15 is 0 Å². The van der Waals surface area contributed by atoms with E-state index < -0.39 is 12.0 Å². The molecule has 1 aromatic rings. The van der Waals surface area contributed by atoms with Crippen molar-refractivity contribution < 1.29 is 24.2 Å². The zero-order valence-electron chi connectivity index (χ0n) is 20.0. The molecule has 8 heteroatoms. The van der Waals surface area contributed by atoms with E-state index in [0.717, 1.165) is 30.2 Å². The summed E-state index contributed by atoms with van der Waals surface area (Å²) >= 11 is 6.45. The number of carbonyl (C=O) groups is 2. The summed E-state index contributed by atoms with van der Waals surface area (Å²) in [6, 6.07) is 4.56. The number of benzene rings is 1. The quantitative estimate of drug-likeness (QED) is 0.190. The Morgan fingerprint density at radius 2 is 1.82 bits per heavy atom. The Bertz CT molecular complexity index is 868. The van der Waals surface area contributed by atoms with Gasteiger partial charge in [0.2, 0.25) is 0 Å². The molecule has 1 aliphatic rings. The van der Waals surface area contributed by atoms with Crippen molar-refractivity contribution in [3.8, 4) is 11.5 Å². The maximum absolute atomic E-state index is 12.9. The van der Waals surface area contributed by atoms with Crippen molar-refractivity contribution in [2.75, 3.05) is 13.2 Å². The minimum Gasteiger partial charge on any atom is -0.490 e. The molecule has 1 amide bonds. The van der Waals surface area contributed by atoms with Crippen LogP contribution in [0.4, 0.5) is 0 Å². The van der Waals surface area contributed by atoms with Crippen LogP contribution in [-0.2, 0) is 9.59 Å². The highest BCUT2D eigenvalue weighted by Gasteiger charge is 2.41. The zero-order chi connectivity index (χ0) is 24.4. The van der Waals surface area contributed by atoms with E-state index in [1.54, 1.807) is 19.9 Å². The molecule has 0 bridgehead atoms. The number of unbranched alkanes of at least 4 members (excludes halogenated alkanes) is 5. The van der Waals surface area contributed by atoms with Crippen molar-refractivity contribution in [1.82, 2.24) is 4.90 Å². The molecule has 0 saturated carbocycles. The first-order valence-corrected chi connectivity index (χ1v) is 12.9. The van der Waals surface area contributed by atoms with E-state index in [2.05, 4.69) is 6.92 Å². The highest BCUT2D eigenvalue weighted by atomic mass is 32.2. The van der Waals surface area contributed by atoms with Crippen molar-refractivity contribution in [2.24, 2.45) is 5.92 Å². The van der Waals surface area contributed by atoms with Gasteiger partial charge in [0.15, 0.2) is 11.5 Å². The first-order valence-electron chi connectivity index (χ1n) is 11.7. The molecular formula is C25H35NO5S2. The Morgan fingerprint density at radius 3 is 2.45 bits per heavy atom. The normalized spacial score (nSPS) is 16.0. The molecule has 1 atom stereocenters. The second-order valence-electron chi connectivity index (χ2n) is 8.33. The summed E-state index contributed by atoms with van der Waals surface area (Å²) in [5, 5.41) is 9.57. The molecule has 1 aromatic carbocycles. The highest BCUT2D eigenvalue weighted by molar-refractivity contribution is 8.26. The van der Waals surface area contributed by atoms with Gasteiger partial charge in [-0.25, -0.2) is 4.79 Å². The number of rotatable bonds is 14. The van der Waals surface area contributed by atoms with E-state index in [-0.39, 0.29) is 16.1 Å². The Hall–Kier alpha value is -2.06. The number of carboxylic acids is 1. The average Bonchev–Trinajstić information content (AvgIpc) is 3.02. The molecule has 1 fully saturated rings. The lowest BCUT2D eigenvalue weighted by Gasteiger charge is -2.26. The predicted octanol–water partition coefficient (Wildman–Crippen LogP) is 6.14. The number of nitrogens with zero attached hydrogens (tertiary/aromatic N) is 1. The first kappa shape index (κ1) is 27.2. The number of thioether (sulfide) groups is 1. The molecule has 0 unspecified atom stereocenters. The SMILES string of the molecule is CCCCCCCCOc1ccc(/C=C2/SC(=S)N([C@H](C(=O)O)C(C)C)C2=O)cc1OCC. The summed E-state index contributed by atoms with van der Waals surface area (Å²) in [7, 11) is 0. The van der Waals surface area contributed by atoms with Gasteiger partial charge in [-0.1, -0.05) is 82.9 Å². The van der Waals surface area contributed by atoms with Gasteiger partial charge in [0.1, 0.15) is 10.4 Å². The van der Waals surface area contributed by atoms with Crippen LogP contribution in [0.15, 0.2) is 23.1 Å². The van der Waals surface area contributed by atoms with Crippen LogP contribution in [0.3, 0.4) is 0 Å². The molecule has 1 heterocycles. The maximum Gasteiger partial charge on any atom is 0.327 e. The number of carboxylic acid groups (broad SMARTS) is 1. The van der Waals surface area contributed by atoms with Crippen molar-refractivity contribution in [2.45, 2.75) is 72.3 Å². The largest absolute Gasteiger partial charge is 0.490 e. The van der Waals surface area contributed by atoms with Gasteiger partial charge in [-0.05, 0) is 43.0 Å².